The number of allylic oxidation sites excluding steroid dienone is 2. The number of ether oxygens (including phenoxy) is 1. The summed E-state index contributed by atoms with van der Waals surface area (Å²) in [6.07, 6.45) is 6.55. The maximum absolute atomic E-state index is 14.5. The number of rotatable bonds is 7. The molecule has 0 atom stereocenters. The van der Waals surface area contributed by atoms with Gasteiger partial charge in [-0.15, -0.1) is 11.3 Å². The second kappa shape index (κ2) is 10.3. The number of carbonyl (C=O) groups excluding carboxylic acids is 1. The van der Waals surface area contributed by atoms with Gasteiger partial charge in [-0.3, -0.25) is 4.79 Å². The lowest BCUT2D eigenvalue weighted by Crippen LogP contribution is -2.40. The summed E-state index contributed by atoms with van der Waals surface area (Å²) in [5, 5.41) is -0.0796. The summed E-state index contributed by atoms with van der Waals surface area (Å²) in [5.74, 6) is -0.914. The maximum atomic E-state index is 14.5. The van der Waals surface area contributed by atoms with Gasteiger partial charge in [0.05, 0.1) is 22.2 Å². The fraction of sp³-hybridized carbons (Fsp3) is 0.296. The van der Waals surface area contributed by atoms with Gasteiger partial charge in [0.25, 0.3) is 5.91 Å². The van der Waals surface area contributed by atoms with Gasteiger partial charge >= 0.3 is 0 Å². The molecule has 0 bridgehead atoms. The predicted octanol–water partition coefficient (Wildman–Crippen LogP) is 8.02. The van der Waals surface area contributed by atoms with Crippen LogP contribution in [-0.4, -0.2) is 24.0 Å². The number of halogens is 3. The van der Waals surface area contributed by atoms with E-state index >= 15 is 0 Å². The topological polar surface area (TPSA) is 29.5 Å². The van der Waals surface area contributed by atoms with Crippen molar-refractivity contribution in [2.45, 2.75) is 44.7 Å². The van der Waals surface area contributed by atoms with Crippen LogP contribution in [0.25, 0.3) is 15.7 Å². The smallest absolute Gasteiger partial charge is 0.266 e. The third-order valence-electron chi connectivity index (χ3n) is 6.39. The van der Waals surface area contributed by atoms with Crippen LogP contribution in [0.3, 0.4) is 0 Å². The number of amides is 1. The van der Waals surface area contributed by atoms with Crippen molar-refractivity contribution in [1.82, 2.24) is 4.90 Å². The van der Waals surface area contributed by atoms with Gasteiger partial charge in [-0.2, -0.15) is 0 Å². The Labute approximate surface area is 207 Å². The van der Waals surface area contributed by atoms with Crippen molar-refractivity contribution in [2.75, 3.05) is 7.11 Å². The molecule has 2 aromatic carbocycles. The minimum atomic E-state index is -0.641. The number of hydrogen-bond acceptors (Lipinski definition) is 3. The van der Waals surface area contributed by atoms with Gasteiger partial charge in [-0.1, -0.05) is 56.2 Å². The molecule has 3 nitrogen and oxygen atoms in total. The zero-order chi connectivity index (χ0) is 24.4. The van der Waals surface area contributed by atoms with Crippen LogP contribution >= 0.6 is 22.9 Å². The summed E-state index contributed by atoms with van der Waals surface area (Å²) in [7, 11) is 1.59. The minimum absolute atomic E-state index is 0.00630. The summed E-state index contributed by atoms with van der Waals surface area (Å²) >= 11 is 7.37. The number of methoxy groups -OCH3 is 1. The van der Waals surface area contributed by atoms with Crippen molar-refractivity contribution >= 4 is 44.5 Å². The van der Waals surface area contributed by atoms with Gasteiger partial charge in [-0.25, -0.2) is 8.78 Å². The Bertz CT molecular complexity index is 1260. The Kier molecular flexibility index (Phi) is 7.39. The molecule has 1 heterocycles. The first kappa shape index (κ1) is 24.4. The van der Waals surface area contributed by atoms with Gasteiger partial charge in [0.15, 0.2) is 0 Å². The lowest BCUT2D eigenvalue weighted by atomic mass is 9.93. The highest BCUT2D eigenvalue weighted by atomic mass is 35.5. The molecule has 0 N–H and O–H groups in total. The molecule has 1 aromatic heterocycles. The fourth-order valence-corrected chi connectivity index (χ4v) is 6.03. The second-order valence-corrected chi connectivity index (χ2v) is 9.86. The zero-order valence-electron chi connectivity index (χ0n) is 19.0. The Morgan fingerprint density at radius 3 is 2.56 bits per heavy atom. The summed E-state index contributed by atoms with van der Waals surface area (Å²) in [6.45, 7) is 8.08. The molecular formula is C27H26ClF2NO2S. The van der Waals surface area contributed by atoms with Crippen molar-refractivity contribution in [3.8, 4) is 5.75 Å². The van der Waals surface area contributed by atoms with Crippen molar-refractivity contribution < 1.29 is 18.3 Å². The van der Waals surface area contributed by atoms with Gasteiger partial charge in [-0.05, 0) is 48.2 Å². The molecule has 1 aliphatic carbocycles. The quantitative estimate of drug-likeness (QED) is 0.307. The molecule has 34 heavy (non-hydrogen) atoms. The monoisotopic (exact) mass is 501 g/mol. The number of hydrogen-bond donors (Lipinski definition) is 0. The van der Waals surface area contributed by atoms with E-state index in [1.54, 1.807) is 18.1 Å². The molecule has 1 amide bonds. The van der Waals surface area contributed by atoms with E-state index in [4.69, 9.17) is 16.3 Å². The summed E-state index contributed by atoms with van der Waals surface area (Å²) in [5.41, 5.74) is 2.46. The second-order valence-electron chi connectivity index (χ2n) is 8.46. The highest BCUT2D eigenvalue weighted by molar-refractivity contribution is 7.21. The first-order valence-electron chi connectivity index (χ1n) is 11.2. The Morgan fingerprint density at radius 1 is 1.21 bits per heavy atom. The standard InChI is InChI=1S/C27H26ClF2NO2S/c1-4-16(2)17-10-13-22(33-3)18(14-17)15-31(19-8-6-5-7-9-19)27(32)26-24(28)23-20(29)11-12-21(30)25(23)34-26/h4,10-14,19H,1-2,5-9,15H2,3H3. The van der Waals surface area contributed by atoms with Crippen LogP contribution in [0.1, 0.15) is 52.9 Å². The lowest BCUT2D eigenvalue weighted by molar-refractivity contribution is 0.0618. The van der Waals surface area contributed by atoms with Crippen molar-refractivity contribution in [2.24, 2.45) is 0 Å². The SMILES string of the molecule is C=CC(=C)c1ccc(OC)c(CN(C(=O)c2sc3c(F)ccc(F)c3c2Cl)C2CCCCC2)c1. The van der Waals surface area contributed by atoms with Crippen molar-refractivity contribution in [3.63, 3.8) is 0 Å². The number of nitrogens with zero attached hydrogens (tertiary/aromatic N) is 1. The molecule has 1 saturated carbocycles. The van der Waals surface area contributed by atoms with E-state index < -0.39 is 11.6 Å². The maximum Gasteiger partial charge on any atom is 0.266 e. The van der Waals surface area contributed by atoms with Crippen LogP contribution in [0.5, 0.6) is 5.75 Å². The third kappa shape index (κ3) is 4.62. The van der Waals surface area contributed by atoms with E-state index in [0.717, 1.165) is 72.3 Å². The molecule has 0 aliphatic heterocycles. The number of benzene rings is 2. The van der Waals surface area contributed by atoms with Crippen molar-refractivity contribution in [1.29, 1.82) is 0 Å². The number of fused-ring (bicyclic) bond motifs is 1. The van der Waals surface area contributed by atoms with Gasteiger partial charge in [0, 0.05) is 18.2 Å². The normalized spacial score (nSPS) is 14.2. The van der Waals surface area contributed by atoms with E-state index in [9.17, 15) is 13.6 Å². The molecule has 178 valence electrons. The molecule has 0 radical (unpaired) electrons. The number of carbonyl (C=O) groups is 1. The predicted molar refractivity (Wildman–Crippen MR) is 136 cm³/mol. The largest absolute Gasteiger partial charge is 0.496 e. The molecule has 1 aliphatic rings. The van der Waals surface area contributed by atoms with Gasteiger partial charge < -0.3 is 9.64 Å². The molecule has 0 saturated heterocycles. The molecule has 1 fully saturated rings. The van der Waals surface area contributed by atoms with Gasteiger partial charge in [0.2, 0.25) is 0 Å². The highest BCUT2D eigenvalue weighted by Crippen LogP contribution is 2.40. The summed E-state index contributed by atoms with van der Waals surface area (Å²) < 4.78 is 34.5. The van der Waals surface area contributed by atoms with E-state index in [-0.39, 0.29) is 38.5 Å². The van der Waals surface area contributed by atoms with Crippen LogP contribution in [0.2, 0.25) is 5.02 Å². The first-order chi connectivity index (χ1) is 16.3. The van der Waals surface area contributed by atoms with Crippen LogP contribution in [0.15, 0.2) is 49.6 Å². The molecular weight excluding hydrogens is 476 g/mol. The van der Waals surface area contributed by atoms with E-state index in [1.165, 1.54) is 0 Å². The third-order valence-corrected chi connectivity index (χ3v) is 8.07. The minimum Gasteiger partial charge on any atom is -0.496 e. The summed E-state index contributed by atoms with van der Waals surface area (Å²) in [4.78, 5) is 15.8. The number of thiophene rings is 1. The Morgan fingerprint density at radius 2 is 1.91 bits per heavy atom. The van der Waals surface area contributed by atoms with Gasteiger partial charge in [0.1, 0.15) is 22.3 Å². The van der Waals surface area contributed by atoms with E-state index in [2.05, 4.69) is 13.2 Å². The molecule has 3 aromatic rings. The molecule has 7 heteroatoms. The van der Waals surface area contributed by atoms with E-state index in [0.29, 0.717) is 5.75 Å². The molecule has 4 rings (SSSR count). The summed E-state index contributed by atoms with van der Waals surface area (Å²) in [6, 6.07) is 7.77. The lowest BCUT2D eigenvalue weighted by Gasteiger charge is -2.34. The average Bonchev–Trinajstić information content (AvgIpc) is 3.22. The van der Waals surface area contributed by atoms with Crippen LogP contribution in [0, 0.1) is 11.6 Å². The van der Waals surface area contributed by atoms with Crippen LogP contribution in [0.4, 0.5) is 8.78 Å². The van der Waals surface area contributed by atoms with Crippen LogP contribution in [-0.2, 0) is 6.54 Å². The van der Waals surface area contributed by atoms with E-state index in [1.807, 2.05) is 18.2 Å². The Balaban J connectivity index is 1.78. The highest BCUT2D eigenvalue weighted by Gasteiger charge is 2.31. The van der Waals surface area contributed by atoms with Crippen molar-refractivity contribution in [3.05, 3.63) is 82.2 Å². The molecule has 0 unspecified atom stereocenters. The zero-order valence-corrected chi connectivity index (χ0v) is 20.6. The fourth-order valence-electron chi connectivity index (χ4n) is 4.53. The Hall–Kier alpha value is -2.70. The van der Waals surface area contributed by atoms with Crippen LogP contribution < -0.4 is 4.74 Å². The molecule has 0 spiro atoms. The first-order valence-corrected chi connectivity index (χ1v) is 12.4. The average molecular weight is 502 g/mol.